The van der Waals surface area contributed by atoms with Crippen LogP contribution in [0.5, 0.6) is 0 Å². The summed E-state index contributed by atoms with van der Waals surface area (Å²) < 4.78 is 0. The van der Waals surface area contributed by atoms with Gasteiger partial charge in [0.25, 0.3) is 5.91 Å². The van der Waals surface area contributed by atoms with E-state index in [2.05, 4.69) is 10.3 Å². The minimum atomic E-state index is -0.391. The number of hydrazine groups is 1. The van der Waals surface area contributed by atoms with Gasteiger partial charge in [0.1, 0.15) is 0 Å². The summed E-state index contributed by atoms with van der Waals surface area (Å²) in [6.45, 7) is 3.06. The fourth-order valence-electron chi connectivity index (χ4n) is 1.68. The molecule has 1 rings (SSSR count). The first-order valence-electron chi connectivity index (χ1n) is 5.83. The van der Waals surface area contributed by atoms with Crippen LogP contribution in [-0.2, 0) is 11.3 Å². The van der Waals surface area contributed by atoms with Gasteiger partial charge in [-0.25, -0.2) is 10.8 Å². The summed E-state index contributed by atoms with van der Waals surface area (Å²) in [7, 11) is 3.53. The second-order valence-electron chi connectivity index (χ2n) is 4.33. The molecule has 0 radical (unpaired) electrons. The van der Waals surface area contributed by atoms with Crippen molar-refractivity contribution in [3.63, 3.8) is 0 Å². The molecule has 7 nitrogen and oxygen atoms in total. The normalized spacial score (nSPS) is 12.3. The molecule has 1 unspecified atom stereocenters. The molecule has 8 heteroatoms. The Morgan fingerprint density at radius 3 is 2.84 bits per heavy atom. The van der Waals surface area contributed by atoms with E-state index in [9.17, 15) is 9.59 Å². The third-order valence-corrected chi connectivity index (χ3v) is 3.48. The number of amides is 2. The summed E-state index contributed by atoms with van der Waals surface area (Å²) in [5.74, 6) is 4.56. The Balaban J connectivity index is 2.52. The molecule has 19 heavy (non-hydrogen) atoms. The molecule has 0 saturated carbocycles. The summed E-state index contributed by atoms with van der Waals surface area (Å²) >= 11 is 1.24. The van der Waals surface area contributed by atoms with Gasteiger partial charge < -0.3 is 5.32 Å². The van der Waals surface area contributed by atoms with Crippen LogP contribution < -0.4 is 16.6 Å². The average Bonchev–Trinajstić information content (AvgIpc) is 2.84. The van der Waals surface area contributed by atoms with Crippen LogP contribution in [0.4, 0.5) is 0 Å². The largest absolute Gasteiger partial charge is 0.359 e. The van der Waals surface area contributed by atoms with E-state index in [0.717, 1.165) is 5.69 Å². The standard InChI is InChI=1S/C11H19N5O2S/c1-7(9(17)13-2)4-16(3)5-8-6-19-11(14-8)10(18)15-12/h6-7H,4-5,12H2,1-3H3,(H,13,17)(H,15,18). The van der Waals surface area contributed by atoms with Gasteiger partial charge in [-0.3, -0.25) is 19.9 Å². The zero-order valence-electron chi connectivity index (χ0n) is 11.3. The van der Waals surface area contributed by atoms with Crippen molar-refractivity contribution in [1.29, 1.82) is 0 Å². The topological polar surface area (TPSA) is 100 Å². The maximum absolute atomic E-state index is 11.4. The number of carbonyl (C=O) groups excluding carboxylic acids is 2. The van der Waals surface area contributed by atoms with Crippen LogP contribution in [0.2, 0.25) is 0 Å². The van der Waals surface area contributed by atoms with E-state index < -0.39 is 5.91 Å². The Morgan fingerprint density at radius 2 is 2.26 bits per heavy atom. The van der Waals surface area contributed by atoms with Crippen molar-refractivity contribution in [1.82, 2.24) is 20.6 Å². The fraction of sp³-hybridized carbons (Fsp3) is 0.545. The van der Waals surface area contributed by atoms with Crippen molar-refractivity contribution in [3.05, 3.63) is 16.1 Å². The zero-order valence-corrected chi connectivity index (χ0v) is 12.1. The lowest BCUT2D eigenvalue weighted by atomic mass is 10.1. The highest BCUT2D eigenvalue weighted by molar-refractivity contribution is 7.11. The quantitative estimate of drug-likeness (QED) is 0.374. The number of nitrogen functional groups attached to an aromatic ring is 1. The number of thiazole rings is 1. The van der Waals surface area contributed by atoms with E-state index in [0.29, 0.717) is 18.1 Å². The van der Waals surface area contributed by atoms with Gasteiger partial charge in [-0.05, 0) is 7.05 Å². The molecule has 0 aromatic carbocycles. The highest BCUT2D eigenvalue weighted by Crippen LogP contribution is 2.11. The van der Waals surface area contributed by atoms with Crippen LogP contribution >= 0.6 is 11.3 Å². The molecule has 1 atom stereocenters. The molecule has 0 aliphatic rings. The summed E-state index contributed by atoms with van der Waals surface area (Å²) in [5, 5.41) is 4.76. The molecule has 0 aliphatic heterocycles. The molecule has 0 fully saturated rings. The number of rotatable bonds is 6. The monoisotopic (exact) mass is 285 g/mol. The lowest BCUT2D eigenvalue weighted by molar-refractivity contribution is -0.124. The first-order chi connectivity index (χ1) is 8.97. The predicted molar refractivity (Wildman–Crippen MR) is 73.3 cm³/mol. The van der Waals surface area contributed by atoms with E-state index in [-0.39, 0.29) is 11.8 Å². The molecule has 0 spiro atoms. The van der Waals surface area contributed by atoms with Gasteiger partial charge in [-0.2, -0.15) is 0 Å². The third kappa shape index (κ3) is 4.58. The van der Waals surface area contributed by atoms with E-state index in [1.807, 2.05) is 29.7 Å². The number of carbonyl (C=O) groups is 2. The first-order valence-corrected chi connectivity index (χ1v) is 6.71. The van der Waals surface area contributed by atoms with Gasteiger partial charge in [-0.1, -0.05) is 6.92 Å². The number of hydrogen-bond acceptors (Lipinski definition) is 6. The smallest absolute Gasteiger partial charge is 0.294 e. The Bertz CT molecular complexity index is 448. The maximum atomic E-state index is 11.4. The van der Waals surface area contributed by atoms with Crippen molar-refractivity contribution >= 4 is 23.2 Å². The van der Waals surface area contributed by atoms with Gasteiger partial charge in [0.15, 0.2) is 5.01 Å². The molecule has 0 saturated heterocycles. The Morgan fingerprint density at radius 1 is 1.58 bits per heavy atom. The first kappa shape index (κ1) is 15.5. The van der Waals surface area contributed by atoms with Crippen molar-refractivity contribution < 1.29 is 9.59 Å². The molecule has 2 amide bonds. The number of hydrogen-bond donors (Lipinski definition) is 3. The molecule has 1 aromatic heterocycles. The molecule has 4 N–H and O–H groups in total. The molecule has 0 bridgehead atoms. The second kappa shape index (κ2) is 7.17. The predicted octanol–water partition coefficient (Wildman–Crippen LogP) is -0.439. The fourth-order valence-corrected chi connectivity index (χ4v) is 2.39. The Hall–Kier alpha value is -1.51. The van der Waals surface area contributed by atoms with Gasteiger partial charge in [0.05, 0.1) is 5.69 Å². The van der Waals surface area contributed by atoms with Crippen molar-refractivity contribution in [2.24, 2.45) is 11.8 Å². The van der Waals surface area contributed by atoms with Gasteiger partial charge in [-0.15, -0.1) is 11.3 Å². The van der Waals surface area contributed by atoms with E-state index in [1.54, 1.807) is 7.05 Å². The highest BCUT2D eigenvalue weighted by Gasteiger charge is 2.15. The van der Waals surface area contributed by atoms with Crippen LogP contribution in [0.15, 0.2) is 5.38 Å². The van der Waals surface area contributed by atoms with Gasteiger partial charge >= 0.3 is 0 Å². The summed E-state index contributed by atoms with van der Waals surface area (Å²) in [4.78, 5) is 28.8. The second-order valence-corrected chi connectivity index (χ2v) is 5.19. The lowest BCUT2D eigenvalue weighted by Crippen LogP contribution is -2.34. The van der Waals surface area contributed by atoms with Crippen LogP contribution in [0.3, 0.4) is 0 Å². The third-order valence-electron chi connectivity index (χ3n) is 2.59. The summed E-state index contributed by atoms with van der Waals surface area (Å²) in [5.41, 5.74) is 2.83. The number of nitrogens with zero attached hydrogens (tertiary/aromatic N) is 2. The molecular weight excluding hydrogens is 266 g/mol. The lowest BCUT2D eigenvalue weighted by Gasteiger charge is -2.19. The van der Waals surface area contributed by atoms with E-state index in [4.69, 9.17) is 5.84 Å². The molecule has 0 aliphatic carbocycles. The van der Waals surface area contributed by atoms with Crippen molar-refractivity contribution in [3.8, 4) is 0 Å². The van der Waals surface area contributed by atoms with Gasteiger partial charge in [0, 0.05) is 31.4 Å². The van der Waals surface area contributed by atoms with Gasteiger partial charge in [0.2, 0.25) is 5.91 Å². The van der Waals surface area contributed by atoms with Crippen LogP contribution in [0.25, 0.3) is 0 Å². The highest BCUT2D eigenvalue weighted by atomic mass is 32.1. The molecular formula is C11H19N5O2S. The molecule has 1 aromatic rings. The Labute approximate surface area is 116 Å². The number of nitrogens with two attached hydrogens (primary N) is 1. The van der Waals surface area contributed by atoms with E-state index in [1.165, 1.54) is 11.3 Å². The summed E-state index contributed by atoms with van der Waals surface area (Å²) in [6.07, 6.45) is 0. The minimum absolute atomic E-state index is 0.00771. The average molecular weight is 285 g/mol. The Kier molecular flexibility index (Phi) is 5.87. The SMILES string of the molecule is CNC(=O)C(C)CN(C)Cc1csc(C(=O)NN)n1. The van der Waals surface area contributed by atoms with E-state index >= 15 is 0 Å². The minimum Gasteiger partial charge on any atom is -0.359 e. The van der Waals surface area contributed by atoms with Crippen molar-refractivity contribution in [2.75, 3.05) is 20.6 Å². The number of aromatic nitrogens is 1. The number of nitrogens with one attached hydrogen (secondary N) is 2. The molecule has 106 valence electrons. The van der Waals surface area contributed by atoms with Crippen LogP contribution in [0, 0.1) is 5.92 Å². The van der Waals surface area contributed by atoms with Crippen LogP contribution in [-0.4, -0.2) is 42.3 Å². The maximum Gasteiger partial charge on any atom is 0.294 e. The zero-order chi connectivity index (χ0) is 14.4. The molecule has 1 heterocycles. The van der Waals surface area contributed by atoms with Crippen molar-refractivity contribution in [2.45, 2.75) is 13.5 Å². The summed E-state index contributed by atoms with van der Waals surface area (Å²) in [6, 6.07) is 0. The van der Waals surface area contributed by atoms with Crippen LogP contribution in [0.1, 0.15) is 22.4 Å².